The number of hydrogen-bond acceptors (Lipinski definition) is 4. The minimum Gasteiger partial charge on any atom is -0.478 e. The molecule has 0 saturated heterocycles. The fraction of sp³-hybridized carbons (Fsp3) is 0.533. The van der Waals surface area contributed by atoms with Gasteiger partial charge in [0.05, 0.1) is 6.61 Å². The van der Waals surface area contributed by atoms with Crippen LogP contribution in [-0.2, 0) is 11.3 Å². The lowest BCUT2D eigenvalue weighted by molar-refractivity contribution is 0.133. The lowest BCUT2D eigenvalue weighted by Gasteiger charge is -2.10. The maximum Gasteiger partial charge on any atom is 0.174 e. The van der Waals surface area contributed by atoms with Crippen LogP contribution in [0.3, 0.4) is 0 Å². The van der Waals surface area contributed by atoms with Crippen LogP contribution in [0.15, 0.2) is 24.3 Å². The molecule has 0 radical (unpaired) electrons. The molecule has 1 N–H and O–H groups in total. The zero-order valence-corrected chi connectivity index (χ0v) is 11.5. The van der Waals surface area contributed by atoms with E-state index in [1.165, 1.54) is 0 Å². The van der Waals surface area contributed by atoms with Crippen LogP contribution in [0.2, 0.25) is 0 Å². The summed E-state index contributed by atoms with van der Waals surface area (Å²) in [4.78, 5) is 0. The Morgan fingerprint density at radius 1 is 1.26 bits per heavy atom. The van der Waals surface area contributed by atoms with Gasteiger partial charge in [-0.3, -0.25) is 0 Å². The highest BCUT2D eigenvalue weighted by Gasteiger charge is 2.01. The van der Waals surface area contributed by atoms with E-state index in [4.69, 9.17) is 14.7 Å². The maximum atomic E-state index is 8.53. The standard InChI is InChI=1S/C15H22N2O2/c1-2-3-10-18-12-9-17-13-14-6-4-5-7-15(14)19-11-8-16/h4-7,17H,2-3,9-13H2,1H3. The quantitative estimate of drug-likeness (QED) is 0.658. The van der Waals surface area contributed by atoms with E-state index < -0.39 is 0 Å². The van der Waals surface area contributed by atoms with Gasteiger partial charge in [0.25, 0.3) is 0 Å². The molecular formula is C15H22N2O2. The Labute approximate surface area is 115 Å². The first-order valence-corrected chi connectivity index (χ1v) is 6.74. The number of nitrogens with one attached hydrogen (secondary N) is 1. The number of rotatable bonds is 10. The van der Waals surface area contributed by atoms with Gasteiger partial charge in [-0.15, -0.1) is 0 Å². The summed E-state index contributed by atoms with van der Waals surface area (Å²) in [6.07, 6.45) is 2.28. The van der Waals surface area contributed by atoms with E-state index in [0.29, 0.717) is 0 Å². The molecule has 1 aromatic rings. The molecule has 0 aliphatic rings. The van der Waals surface area contributed by atoms with Gasteiger partial charge in [0.1, 0.15) is 11.8 Å². The number of ether oxygens (including phenoxy) is 2. The number of unbranched alkanes of at least 4 members (excludes halogenated alkanes) is 1. The topological polar surface area (TPSA) is 54.3 Å². The molecule has 0 aliphatic carbocycles. The summed E-state index contributed by atoms with van der Waals surface area (Å²) < 4.78 is 10.8. The molecule has 0 atom stereocenters. The van der Waals surface area contributed by atoms with E-state index in [9.17, 15) is 0 Å². The van der Waals surface area contributed by atoms with Crippen LogP contribution in [0.4, 0.5) is 0 Å². The second kappa shape index (κ2) is 10.4. The first kappa shape index (κ1) is 15.5. The van der Waals surface area contributed by atoms with Crippen molar-refractivity contribution in [1.82, 2.24) is 5.32 Å². The third-order valence-electron chi connectivity index (χ3n) is 2.65. The van der Waals surface area contributed by atoms with E-state index >= 15 is 0 Å². The molecule has 0 aliphatic heterocycles. The van der Waals surface area contributed by atoms with Crippen molar-refractivity contribution in [3.8, 4) is 11.8 Å². The Bertz CT molecular complexity index is 388. The highest BCUT2D eigenvalue weighted by Crippen LogP contribution is 2.17. The lowest BCUT2D eigenvalue weighted by atomic mass is 10.2. The molecule has 19 heavy (non-hydrogen) atoms. The van der Waals surface area contributed by atoms with Crippen molar-refractivity contribution in [3.05, 3.63) is 29.8 Å². The molecule has 0 saturated carbocycles. The van der Waals surface area contributed by atoms with E-state index in [1.807, 2.05) is 30.3 Å². The average Bonchev–Trinajstić information content (AvgIpc) is 2.45. The molecule has 104 valence electrons. The van der Waals surface area contributed by atoms with Crippen molar-refractivity contribution < 1.29 is 9.47 Å². The van der Waals surface area contributed by atoms with Gasteiger partial charge in [-0.05, 0) is 12.5 Å². The summed E-state index contributed by atoms with van der Waals surface area (Å²) in [6, 6.07) is 9.73. The van der Waals surface area contributed by atoms with Gasteiger partial charge in [-0.25, -0.2) is 0 Å². The summed E-state index contributed by atoms with van der Waals surface area (Å²) in [7, 11) is 0. The summed E-state index contributed by atoms with van der Waals surface area (Å²) in [5.74, 6) is 0.767. The Morgan fingerprint density at radius 3 is 2.89 bits per heavy atom. The minimum atomic E-state index is 0.0805. The van der Waals surface area contributed by atoms with Crippen LogP contribution in [0.1, 0.15) is 25.3 Å². The smallest absolute Gasteiger partial charge is 0.174 e. The second-order valence-electron chi connectivity index (χ2n) is 4.20. The van der Waals surface area contributed by atoms with Gasteiger partial charge in [0, 0.05) is 25.3 Å². The molecule has 1 rings (SSSR count). The summed E-state index contributed by atoms with van der Waals surface area (Å²) in [5.41, 5.74) is 1.06. The number of para-hydroxylation sites is 1. The van der Waals surface area contributed by atoms with Crippen LogP contribution < -0.4 is 10.1 Å². The molecule has 4 heteroatoms. The molecule has 0 aromatic heterocycles. The number of nitrogens with zero attached hydrogens (tertiary/aromatic N) is 1. The largest absolute Gasteiger partial charge is 0.478 e. The second-order valence-corrected chi connectivity index (χ2v) is 4.20. The zero-order valence-electron chi connectivity index (χ0n) is 11.5. The molecule has 0 unspecified atom stereocenters. The molecule has 1 aromatic carbocycles. The van der Waals surface area contributed by atoms with Gasteiger partial charge in [-0.2, -0.15) is 5.26 Å². The van der Waals surface area contributed by atoms with E-state index in [2.05, 4.69) is 12.2 Å². The predicted octanol–water partition coefficient (Wildman–Crippen LogP) is 2.50. The van der Waals surface area contributed by atoms with E-state index in [1.54, 1.807) is 0 Å². The number of benzene rings is 1. The predicted molar refractivity (Wildman–Crippen MR) is 75.0 cm³/mol. The van der Waals surface area contributed by atoms with Crippen molar-refractivity contribution in [2.24, 2.45) is 0 Å². The third kappa shape index (κ3) is 6.80. The van der Waals surface area contributed by atoms with E-state index in [-0.39, 0.29) is 6.61 Å². The fourth-order valence-corrected chi connectivity index (χ4v) is 1.62. The van der Waals surface area contributed by atoms with Crippen LogP contribution in [0.25, 0.3) is 0 Å². The average molecular weight is 262 g/mol. The van der Waals surface area contributed by atoms with Gasteiger partial charge in [-0.1, -0.05) is 31.5 Å². The van der Waals surface area contributed by atoms with Crippen LogP contribution in [0.5, 0.6) is 5.75 Å². The first-order chi connectivity index (χ1) is 9.38. The fourth-order valence-electron chi connectivity index (χ4n) is 1.62. The number of nitriles is 1. The monoisotopic (exact) mass is 262 g/mol. The molecule has 0 amide bonds. The maximum absolute atomic E-state index is 8.53. The first-order valence-electron chi connectivity index (χ1n) is 6.74. The molecule has 0 spiro atoms. The van der Waals surface area contributed by atoms with Crippen molar-refractivity contribution in [3.63, 3.8) is 0 Å². The normalized spacial score (nSPS) is 10.1. The molecular weight excluding hydrogens is 240 g/mol. The van der Waals surface area contributed by atoms with Crippen molar-refractivity contribution in [1.29, 1.82) is 5.26 Å². The third-order valence-corrected chi connectivity index (χ3v) is 2.65. The van der Waals surface area contributed by atoms with Gasteiger partial charge in [0.2, 0.25) is 0 Å². The van der Waals surface area contributed by atoms with Gasteiger partial charge >= 0.3 is 0 Å². The molecule has 0 fully saturated rings. The summed E-state index contributed by atoms with van der Waals surface area (Å²) in [6.45, 7) is 5.33. The highest BCUT2D eigenvalue weighted by molar-refractivity contribution is 5.33. The minimum absolute atomic E-state index is 0.0805. The van der Waals surface area contributed by atoms with Crippen LogP contribution in [0, 0.1) is 11.3 Å². The molecule has 0 bridgehead atoms. The zero-order chi connectivity index (χ0) is 13.8. The van der Waals surface area contributed by atoms with Crippen molar-refractivity contribution >= 4 is 0 Å². The molecule has 4 nitrogen and oxygen atoms in total. The van der Waals surface area contributed by atoms with Crippen molar-refractivity contribution in [2.75, 3.05) is 26.4 Å². The Morgan fingerprint density at radius 2 is 2.11 bits per heavy atom. The Balaban J connectivity index is 2.23. The highest BCUT2D eigenvalue weighted by atomic mass is 16.5. The van der Waals surface area contributed by atoms with Gasteiger partial charge in [0.15, 0.2) is 6.61 Å². The molecule has 0 heterocycles. The lowest BCUT2D eigenvalue weighted by Crippen LogP contribution is -2.20. The summed E-state index contributed by atoms with van der Waals surface area (Å²) >= 11 is 0. The van der Waals surface area contributed by atoms with Crippen LogP contribution in [-0.4, -0.2) is 26.4 Å². The Kier molecular flexibility index (Phi) is 8.45. The summed E-state index contributed by atoms with van der Waals surface area (Å²) in [5, 5.41) is 11.8. The van der Waals surface area contributed by atoms with Gasteiger partial charge < -0.3 is 14.8 Å². The Hall–Kier alpha value is -1.57. The van der Waals surface area contributed by atoms with Crippen LogP contribution >= 0.6 is 0 Å². The SMILES string of the molecule is CCCCOCCNCc1ccccc1OCC#N. The number of hydrogen-bond donors (Lipinski definition) is 1. The van der Waals surface area contributed by atoms with E-state index in [0.717, 1.165) is 50.5 Å². The van der Waals surface area contributed by atoms with Crippen molar-refractivity contribution in [2.45, 2.75) is 26.3 Å².